The van der Waals surface area contributed by atoms with Crippen LogP contribution in [0.15, 0.2) is 12.1 Å². The number of hydrogen-bond acceptors (Lipinski definition) is 7. The van der Waals surface area contributed by atoms with Gasteiger partial charge in [0.05, 0.1) is 35.6 Å². The predicted molar refractivity (Wildman–Crippen MR) is 126 cm³/mol. The first-order chi connectivity index (χ1) is 16.1. The Morgan fingerprint density at radius 2 is 2.12 bits per heavy atom. The van der Waals surface area contributed by atoms with Crippen LogP contribution in [0.4, 0.5) is 0 Å². The van der Waals surface area contributed by atoms with E-state index < -0.39 is 16.2 Å². The Kier molecular flexibility index (Phi) is 8.61. The summed E-state index contributed by atoms with van der Waals surface area (Å²) >= 11 is 0. The lowest BCUT2D eigenvalue weighted by Gasteiger charge is -2.27. The molecule has 1 saturated carbocycles. The molecule has 2 atom stereocenters. The fourth-order valence-corrected chi connectivity index (χ4v) is 4.91. The van der Waals surface area contributed by atoms with E-state index in [1.54, 1.807) is 26.2 Å². The first-order valence-corrected chi connectivity index (χ1v) is 13.0. The molecule has 0 saturated heterocycles. The van der Waals surface area contributed by atoms with Gasteiger partial charge < -0.3 is 9.84 Å². The second-order valence-corrected chi connectivity index (χ2v) is 10.6. The van der Waals surface area contributed by atoms with E-state index in [2.05, 4.69) is 20.0 Å². The van der Waals surface area contributed by atoms with Gasteiger partial charge in [0.2, 0.25) is 0 Å². The summed E-state index contributed by atoms with van der Waals surface area (Å²) in [6.07, 6.45) is 4.32. The van der Waals surface area contributed by atoms with Gasteiger partial charge in [-0.2, -0.15) is 17.4 Å². The van der Waals surface area contributed by atoms with E-state index in [1.165, 1.54) is 8.99 Å². The molecule has 0 aliphatic heterocycles. The number of carboxylic acid groups (broad SMARTS) is 1. The lowest BCUT2D eigenvalue weighted by molar-refractivity contribution is -0.143. The molecule has 3 rings (SSSR count). The average Bonchev–Trinajstić information content (AvgIpc) is 3.17. The van der Waals surface area contributed by atoms with Gasteiger partial charge in [-0.15, -0.1) is 5.10 Å². The lowest BCUT2D eigenvalue weighted by atomic mass is 9.87. The summed E-state index contributed by atoms with van der Waals surface area (Å²) in [5, 5.41) is 17.5. The molecule has 2 aromatic heterocycles. The quantitative estimate of drug-likeness (QED) is 0.485. The van der Waals surface area contributed by atoms with Gasteiger partial charge in [-0.1, -0.05) is 18.6 Å². The van der Waals surface area contributed by atoms with Crippen LogP contribution < -0.4 is 9.46 Å². The van der Waals surface area contributed by atoms with E-state index >= 15 is 0 Å². The highest BCUT2D eigenvalue weighted by molar-refractivity contribution is 7.87. The van der Waals surface area contributed by atoms with Crippen LogP contribution in [0.3, 0.4) is 0 Å². The second kappa shape index (κ2) is 11.2. The summed E-state index contributed by atoms with van der Waals surface area (Å²) in [6, 6.07) is 3.55. The van der Waals surface area contributed by atoms with E-state index in [-0.39, 0.29) is 18.6 Å². The molecule has 1 aliphatic rings. The second-order valence-electron chi connectivity index (χ2n) is 8.73. The normalized spacial score (nSPS) is 18.9. The minimum atomic E-state index is -3.63. The number of hydrogen-bond donors (Lipinski definition) is 2. The number of aryl methyl sites for hydroxylation is 2. The summed E-state index contributed by atoms with van der Waals surface area (Å²) < 4.78 is 36.6. The highest BCUT2D eigenvalue weighted by atomic mass is 32.2. The first kappa shape index (κ1) is 26.0. The Balaban J connectivity index is 1.72. The molecule has 0 bridgehead atoms. The van der Waals surface area contributed by atoms with Crippen molar-refractivity contribution in [3.05, 3.63) is 23.5 Å². The van der Waals surface area contributed by atoms with Crippen molar-refractivity contribution >= 4 is 16.2 Å². The van der Waals surface area contributed by atoms with Crippen LogP contribution in [0.1, 0.15) is 56.8 Å². The van der Waals surface area contributed by atoms with Gasteiger partial charge >= 0.3 is 5.97 Å². The lowest BCUT2D eigenvalue weighted by Crippen LogP contribution is -2.38. The van der Waals surface area contributed by atoms with Crippen LogP contribution >= 0.6 is 0 Å². The van der Waals surface area contributed by atoms with Crippen molar-refractivity contribution in [3.63, 3.8) is 0 Å². The number of pyridine rings is 1. The molecule has 34 heavy (non-hydrogen) atoms. The highest BCUT2D eigenvalue weighted by Crippen LogP contribution is 2.30. The van der Waals surface area contributed by atoms with Gasteiger partial charge in [0.25, 0.3) is 10.2 Å². The Morgan fingerprint density at radius 1 is 1.35 bits per heavy atom. The number of unbranched alkanes of at least 4 members (excludes halogenated alkanes) is 1. The number of aliphatic carboxylic acids is 1. The molecule has 0 radical (unpaired) electrons. The molecule has 1 aliphatic carbocycles. The molecule has 2 heterocycles. The van der Waals surface area contributed by atoms with Gasteiger partial charge in [0.15, 0.2) is 0 Å². The van der Waals surface area contributed by atoms with Crippen molar-refractivity contribution in [2.45, 2.75) is 65.0 Å². The van der Waals surface area contributed by atoms with Crippen LogP contribution in [0.5, 0.6) is 5.75 Å². The molecule has 0 aromatic carbocycles. The maximum Gasteiger partial charge on any atom is 0.306 e. The summed E-state index contributed by atoms with van der Waals surface area (Å²) in [7, 11) is -0.382. The smallest absolute Gasteiger partial charge is 0.306 e. The van der Waals surface area contributed by atoms with Crippen LogP contribution in [0, 0.1) is 12.8 Å². The molecular formula is C22H34N6O5S. The number of rotatable bonds is 11. The molecule has 0 amide bonds. The summed E-state index contributed by atoms with van der Waals surface area (Å²) in [5.74, 6) is -0.553. The molecule has 2 N–H and O–H groups in total. The summed E-state index contributed by atoms with van der Waals surface area (Å²) in [6.45, 7) is 4.29. The minimum absolute atomic E-state index is 0.0231. The van der Waals surface area contributed by atoms with Crippen molar-refractivity contribution < 1.29 is 23.1 Å². The van der Waals surface area contributed by atoms with Gasteiger partial charge in [0, 0.05) is 20.6 Å². The zero-order valence-electron chi connectivity index (χ0n) is 20.2. The standard InChI is InChI=1S/C22H34N6O5S/c1-5-6-12-27(3)34(31,32)23-14-19-21(25-26-28(19)4)18-10-11-20(15(2)24-18)33-17-9-7-8-16(13-17)22(29)30/h10-11,16-17,23H,5-9,12-14H2,1-4H3,(H,29,30)/t16-,17-/m0/s1. The zero-order chi connectivity index (χ0) is 24.9. The van der Waals surface area contributed by atoms with Crippen molar-refractivity contribution in [1.82, 2.24) is 29.0 Å². The summed E-state index contributed by atoms with van der Waals surface area (Å²) in [4.78, 5) is 15.9. The SMILES string of the molecule is CCCCN(C)S(=O)(=O)NCc1c(-c2ccc(O[C@H]3CCC[C@H](C(=O)O)C3)c(C)n2)nnn1C. The third kappa shape index (κ3) is 6.30. The molecule has 0 unspecified atom stereocenters. The number of ether oxygens (including phenoxy) is 1. The largest absolute Gasteiger partial charge is 0.489 e. The Hall–Kier alpha value is -2.57. The number of aromatic nitrogens is 4. The number of nitrogens with one attached hydrogen (secondary N) is 1. The number of carbonyl (C=O) groups is 1. The Labute approximate surface area is 200 Å². The van der Waals surface area contributed by atoms with Crippen molar-refractivity contribution in [2.75, 3.05) is 13.6 Å². The van der Waals surface area contributed by atoms with Crippen LogP contribution in [-0.2, 0) is 28.6 Å². The molecule has 0 spiro atoms. The molecule has 12 heteroatoms. The topological polar surface area (TPSA) is 140 Å². The number of nitrogens with zero attached hydrogens (tertiary/aromatic N) is 5. The maximum absolute atomic E-state index is 12.5. The van der Waals surface area contributed by atoms with E-state index in [4.69, 9.17) is 4.74 Å². The van der Waals surface area contributed by atoms with E-state index in [0.29, 0.717) is 47.9 Å². The van der Waals surface area contributed by atoms with E-state index in [1.807, 2.05) is 13.8 Å². The number of carboxylic acids is 1. The highest BCUT2D eigenvalue weighted by Gasteiger charge is 2.28. The fraction of sp³-hybridized carbons (Fsp3) is 0.636. The molecule has 188 valence electrons. The average molecular weight is 495 g/mol. The molecule has 11 nitrogen and oxygen atoms in total. The maximum atomic E-state index is 12.5. The van der Waals surface area contributed by atoms with Gasteiger partial charge in [-0.05, 0) is 51.2 Å². The third-order valence-corrected chi connectivity index (χ3v) is 7.66. The van der Waals surface area contributed by atoms with Gasteiger partial charge in [-0.25, -0.2) is 4.98 Å². The summed E-state index contributed by atoms with van der Waals surface area (Å²) in [5.41, 5.74) is 2.27. The van der Waals surface area contributed by atoms with Gasteiger partial charge in [0.1, 0.15) is 11.4 Å². The monoisotopic (exact) mass is 494 g/mol. The van der Waals surface area contributed by atoms with E-state index in [9.17, 15) is 18.3 Å². The molecule has 2 aromatic rings. The van der Waals surface area contributed by atoms with Gasteiger partial charge in [-0.3, -0.25) is 9.48 Å². The van der Waals surface area contributed by atoms with Crippen molar-refractivity contribution in [1.29, 1.82) is 0 Å². The molecular weight excluding hydrogens is 460 g/mol. The first-order valence-electron chi connectivity index (χ1n) is 11.6. The Morgan fingerprint density at radius 3 is 2.79 bits per heavy atom. The fourth-order valence-electron chi connectivity index (χ4n) is 4.01. The van der Waals surface area contributed by atoms with Crippen LogP contribution in [0.2, 0.25) is 0 Å². The van der Waals surface area contributed by atoms with Crippen LogP contribution in [0.25, 0.3) is 11.4 Å². The minimum Gasteiger partial charge on any atom is -0.489 e. The molecule has 1 fully saturated rings. The van der Waals surface area contributed by atoms with Crippen molar-refractivity contribution in [2.24, 2.45) is 13.0 Å². The van der Waals surface area contributed by atoms with Crippen LogP contribution in [-0.4, -0.2) is 63.5 Å². The predicted octanol–water partition coefficient (Wildman–Crippen LogP) is 2.27. The zero-order valence-corrected chi connectivity index (χ0v) is 21.0. The van der Waals surface area contributed by atoms with Crippen molar-refractivity contribution in [3.8, 4) is 17.1 Å². The van der Waals surface area contributed by atoms with E-state index in [0.717, 1.165) is 25.7 Å². The third-order valence-electron chi connectivity index (χ3n) is 6.15. The Bertz CT molecular complexity index is 1100.